The lowest BCUT2D eigenvalue weighted by Crippen LogP contribution is -2.37. The molecule has 6 heteroatoms. The van der Waals surface area contributed by atoms with Crippen molar-refractivity contribution in [2.75, 3.05) is 6.26 Å². The first kappa shape index (κ1) is 10.8. The van der Waals surface area contributed by atoms with Crippen molar-refractivity contribution in [2.24, 2.45) is 0 Å². The zero-order valence-corrected chi connectivity index (χ0v) is 10.2. The fraction of sp³-hybridized carbons (Fsp3) is 0.429. The number of nitrogens with zero attached hydrogens (tertiary/aromatic N) is 2. The summed E-state index contributed by atoms with van der Waals surface area (Å²) in [6, 6.07) is 1.39. The van der Waals surface area contributed by atoms with Gasteiger partial charge in [0.25, 0.3) is 5.56 Å². The Labute approximate surface area is 93.4 Å². The van der Waals surface area contributed by atoms with Gasteiger partial charge in [-0.1, -0.05) is 0 Å². The van der Waals surface area contributed by atoms with E-state index in [1.807, 2.05) is 36.0 Å². The van der Waals surface area contributed by atoms with Crippen molar-refractivity contribution in [3.8, 4) is 0 Å². The van der Waals surface area contributed by atoms with Gasteiger partial charge in [0.05, 0.1) is 28.2 Å². The van der Waals surface area contributed by atoms with Gasteiger partial charge in [0.2, 0.25) is 0 Å². The molecule has 0 saturated heterocycles. The van der Waals surface area contributed by atoms with Crippen LogP contribution in [0.25, 0.3) is 0 Å². The van der Waals surface area contributed by atoms with Crippen LogP contribution < -0.4 is 11.2 Å². The van der Waals surface area contributed by atoms with Gasteiger partial charge in [-0.15, -0.1) is 11.8 Å². The molecule has 13 heavy (non-hydrogen) atoms. The van der Waals surface area contributed by atoms with Crippen LogP contribution >= 0.6 is 34.6 Å². The van der Waals surface area contributed by atoms with Crippen LogP contribution in [0.2, 0.25) is 0 Å². The summed E-state index contributed by atoms with van der Waals surface area (Å²) in [6.07, 6.45) is 3.33. The Hall–Kier alpha value is -0.240. The highest BCUT2D eigenvalue weighted by Gasteiger charge is 2.09. The first-order chi connectivity index (χ1) is 6.07. The van der Waals surface area contributed by atoms with E-state index in [2.05, 4.69) is 0 Å². The summed E-state index contributed by atoms with van der Waals surface area (Å²) in [6.45, 7) is 1.82. The highest BCUT2D eigenvalue weighted by molar-refractivity contribution is 14.1. The van der Waals surface area contributed by atoms with Crippen molar-refractivity contribution in [3.63, 3.8) is 0 Å². The smallest absolute Gasteiger partial charge is 0.269 e. The zero-order chi connectivity index (χ0) is 10.0. The van der Waals surface area contributed by atoms with E-state index in [1.165, 1.54) is 31.4 Å². The fourth-order valence-electron chi connectivity index (χ4n) is 0.911. The lowest BCUT2D eigenvalue weighted by Gasteiger charge is -2.10. The van der Waals surface area contributed by atoms with Crippen molar-refractivity contribution in [1.29, 1.82) is 0 Å². The molecule has 0 saturated carbocycles. The molecule has 1 unspecified atom stereocenters. The summed E-state index contributed by atoms with van der Waals surface area (Å²) >= 11 is 3.31. The van der Waals surface area contributed by atoms with E-state index in [0.717, 1.165) is 0 Å². The summed E-state index contributed by atoms with van der Waals surface area (Å²) in [5.41, 5.74) is -0.533. The first-order valence-electron chi connectivity index (χ1n) is 3.61. The van der Waals surface area contributed by atoms with E-state index >= 15 is 0 Å². The van der Waals surface area contributed by atoms with Crippen LogP contribution in [0.5, 0.6) is 0 Å². The van der Waals surface area contributed by atoms with Crippen molar-refractivity contribution in [2.45, 2.75) is 12.3 Å². The van der Waals surface area contributed by atoms with Crippen LogP contribution in [0.15, 0.2) is 21.9 Å². The molecule has 0 spiro atoms. The van der Waals surface area contributed by atoms with Gasteiger partial charge in [0.1, 0.15) is 0 Å². The van der Waals surface area contributed by atoms with Crippen molar-refractivity contribution >= 4 is 34.6 Å². The molecule has 1 aromatic rings. The normalized spacial score (nSPS) is 12.8. The lowest BCUT2D eigenvalue weighted by atomic mass is 10.6. The van der Waals surface area contributed by atoms with Gasteiger partial charge in [0, 0.05) is 12.3 Å². The van der Waals surface area contributed by atoms with Crippen LogP contribution in [0.3, 0.4) is 0 Å². The highest BCUT2D eigenvalue weighted by Crippen LogP contribution is 2.13. The van der Waals surface area contributed by atoms with E-state index in [4.69, 9.17) is 0 Å². The maximum absolute atomic E-state index is 11.5. The van der Waals surface area contributed by atoms with Crippen molar-refractivity contribution in [3.05, 3.63) is 33.1 Å². The molecule has 0 radical (unpaired) electrons. The Kier molecular flexibility index (Phi) is 3.60. The molecule has 0 aliphatic rings. The topological polar surface area (TPSA) is 44.0 Å². The molecule has 0 aliphatic carbocycles. The molecule has 1 atom stereocenters. The van der Waals surface area contributed by atoms with E-state index in [-0.39, 0.29) is 16.6 Å². The summed E-state index contributed by atoms with van der Waals surface area (Å²) in [7, 11) is 0. The van der Waals surface area contributed by atoms with Crippen molar-refractivity contribution < 1.29 is 0 Å². The molecule has 0 aliphatic heterocycles. The van der Waals surface area contributed by atoms with Gasteiger partial charge in [-0.05, 0) is 13.2 Å². The maximum Gasteiger partial charge on any atom is 0.340 e. The average molecular weight is 312 g/mol. The molecule has 0 amide bonds. The summed E-state index contributed by atoms with van der Waals surface area (Å²) in [4.78, 5) is 22.8. The van der Waals surface area contributed by atoms with Crippen LogP contribution in [0.4, 0.5) is 0 Å². The minimum atomic E-state index is -0.282. The van der Waals surface area contributed by atoms with Crippen LogP contribution in [0.1, 0.15) is 12.3 Å². The van der Waals surface area contributed by atoms with E-state index in [1.54, 1.807) is 0 Å². The third kappa shape index (κ3) is 2.16. The van der Waals surface area contributed by atoms with Gasteiger partial charge in [-0.3, -0.25) is 4.79 Å². The minimum absolute atomic E-state index is 0.123. The van der Waals surface area contributed by atoms with Crippen LogP contribution in [0, 0.1) is 0 Å². The van der Waals surface area contributed by atoms with E-state index < -0.39 is 0 Å². The monoisotopic (exact) mass is 312 g/mol. The molecule has 4 nitrogen and oxygen atoms in total. The Morgan fingerprint density at radius 3 is 2.69 bits per heavy atom. The second-order valence-electron chi connectivity index (χ2n) is 2.45. The van der Waals surface area contributed by atoms with Gasteiger partial charge in [-0.25, -0.2) is 12.1 Å². The Morgan fingerprint density at radius 1 is 1.54 bits per heavy atom. The fourth-order valence-corrected chi connectivity index (χ4v) is 1.71. The van der Waals surface area contributed by atoms with Gasteiger partial charge in [-0.2, -0.15) is 0 Å². The first-order valence-corrected chi connectivity index (χ1v) is 5.86. The molecular weight excluding hydrogens is 303 g/mol. The summed E-state index contributed by atoms with van der Waals surface area (Å²) < 4.78 is 2.60. The summed E-state index contributed by atoms with van der Waals surface area (Å²) in [5, 5.41) is -0.123. The number of rotatable bonds is 2. The number of thioether (sulfide) groups is 1. The number of aromatic nitrogens is 2. The number of halogens is 1. The lowest BCUT2D eigenvalue weighted by molar-refractivity contribution is 0.653. The predicted octanol–water partition coefficient (Wildman–Crippen LogP) is 1.09. The second kappa shape index (κ2) is 4.32. The SMILES string of the molecule is CSC(C)n1c(=O)ccn(I)c1=O. The van der Waals surface area contributed by atoms with E-state index in [0.29, 0.717) is 0 Å². The Bertz CT molecular complexity index is 412. The molecule has 0 aromatic carbocycles. The quantitative estimate of drug-likeness (QED) is 0.768. The molecule has 72 valence electrons. The average Bonchev–Trinajstić information content (AvgIpc) is 2.12. The molecular formula is C7H9IN2O2S. The Morgan fingerprint density at radius 2 is 2.15 bits per heavy atom. The minimum Gasteiger partial charge on any atom is -0.269 e. The van der Waals surface area contributed by atoms with Crippen LogP contribution in [-0.2, 0) is 0 Å². The highest BCUT2D eigenvalue weighted by atomic mass is 127. The zero-order valence-electron chi connectivity index (χ0n) is 7.23. The molecule has 0 bridgehead atoms. The standard InChI is InChI=1S/C7H9IN2O2S/c1-5(13-2)10-6(11)3-4-9(8)7(10)12/h3-5H,1-2H3. The predicted molar refractivity (Wildman–Crippen MR) is 62.6 cm³/mol. The third-order valence-electron chi connectivity index (χ3n) is 1.68. The van der Waals surface area contributed by atoms with Gasteiger partial charge >= 0.3 is 5.69 Å². The largest absolute Gasteiger partial charge is 0.340 e. The third-order valence-corrected chi connectivity index (χ3v) is 3.31. The second-order valence-corrected chi connectivity index (χ2v) is 4.65. The molecule has 0 N–H and O–H groups in total. The van der Waals surface area contributed by atoms with Gasteiger partial charge in [0.15, 0.2) is 0 Å². The van der Waals surface area contributed by atoms with E-state index in [9.17, 15) is 9.59 Å². The molecule has 1 heterocycles. The number of hydrogen-bond donors (Lipinski definition) is 0. The Balaban J connectivity index is 3.43. The van der Waals surface area contributed by atoms with Crippen molar-refractivity contribution in [1.82, 2.24) is 7.35 Å². The molecule has 1 aromatic heterocycles. The maximum atomic E-state index is 11.5. The number of hydrogen-bond acceptors (Lipinski definition) is 3. The molecule has 0 fully saturated rings. The molecule has 1 rings (SSSR count). The van der Waals surface area contributed by atoms with Crippen LogP contribution in [-0.4, -0.2) is 13.6 Å². The summed E-state index contributed by atoms with van der Waals surface area (Å²) in [5.74, 6) is 0. The van der Waals surface area contributed by atoms with Gasteiger partial charge < -0.3 is 0 Å².